The number of benzene rings is 2. The summed E-state index contributed by atoms with van der Waals surface area (Å²) in [7, 11) is 3.09. The van der Waals surface area contributed by atoms with Gasteiger partial charge in [0, 0.05) is 18.3 Å². The summed E-state index contributed by atoms with van der Waals surface area (Å²) in [4.78, 5) is 27.7. The number of carbonyl (C=O) groups excluding carboxylic acids is 1. The fourth-order valence-electron chi connectivity index (χ4n) is 4.35. The Labute approximate surface area is 199 Å². The lowest BCUT2D eigenvalue weighted by Crippen LogP contribution is -2.55. The van der Waals surface area contributed by atoms with Crippen LogP contribution in [0.5, 0.6) is 5.75 Å². The highest BCUT2D eigenvalue weighted by Gasteiger charge is 2.34. The van der Waals surface area contributed by atoms with Gasteiger partial charge in [0.05, 0.1) is 43.3 Å². The van der Waals surface area contributed by atoms with Crippen molar-refractivity contribution in [3.8, 4) is 11.4 Å². The number of methoxy groups -OCH3 is 1. The molecule has 11 heteroatoms. The molecule has 2 aromatic carbocycles. The number of halogens is 2. The van der Waals surface area contributed by atoms with E-state index in [0.29, 0.717) is 6.54 Å². The third-order valence-corrected chi connectivity index (χ3v) is 6.14. The van der Waals surface area contributed by atoms with Crippen molar-refractivity contribution in [2.24, 2.45) is 0 Å². The molecule has 0 aliphatic carbocycles. The van der Waals surface area contributed by atoms with Gasteiger partial charge in [0.2, 0.25) is 5.43 Å². The molecule has 0 bridgehead atoms. The van der Waals surface area contributed by atoms with Gasteiger partial charge in [0.1, 0.15) is 22.6 Å². The molecule has 3 aromatic rings. The molecule has 1 unspecified atom stereocenters. The Kier molecular flexibility index (Phi) is 6.64. The molecule has 0 spiro atoms. The quantitative estimate of drug-likeness (QED) is 0.342. The molecule has 1 saturated heterocycles. The minimum atomic E-state index is -0.907. The zero-order valence-electron chi connectivity index (χ0n) is 19.5. The summed E-state index contributed by atoms with van der Waals surface area (Å²) in [6, 6.07) is 3.37. The number of fused-ring (bicyclic) bond motifs is 1. The number of rotatable bonds is 7. The summed E-state index contributed by atoms with van der Waals surface area (Å²) in [5.41, 5.74) is 5.04. The maximum atomic E-state index is 15.5. The molecule has 1 aliphatic heterocycles. The lowest BCUT2D eigenvalue weighted by molar-refractivity contribution is 0.0524. The van der Waals surface area contributed by atoms with Crippen LogP contribution in [0.3, 0.4) is 0 Å². The van der Waals surface area contributed by atoms with Gasteiger partial charge in [0.25, 0.3) is 0 Å². The summed E-state index contributed by atoms with van der Waals surface area (Å²) < 4.78 is 41.7. The van der Waals surface area contributed by atoms with E-state index in [2.05, 4.69) is 5.32 Å². The van der Waals surface area contributed by atoms with Crippen molar-refractivity contribution in [1.29, 1.82) is 0 Å². The predicted octanol–water partition coefficient (Wildman–Crippen LogP) is 2.28. The van der Waals surface area contributed by atoms with Crippen molar-refractivity contribution in [3.63, 3.8) is 0 Å². The van der Waals surface area contributed by atoms with E-state index in [9.17, 15) is 19.1 Å². The van der Waals surface area contributed by atoms with E-state index in [4.69, 9.17) is 15.2 Å². The topological polar surface area (TPSA) is 119 Å². The van der Waals surface area contributed by atoms with Gasteiger partial charge in [-0.25, -0.2) is 13.6 Å². The molecule has 1 aromatic heterocycles. The summed E-state index contributed by atoms with van der Waals surface area (Å²) in [6.07, 6.45) is 1.84. The highest BCUT2D eigenvalue weighted by Crippen LogP contribution is 2.42. The molecule has 9 nitrogen and oxygen atoms in total. The second-order valence-corrected chi connectivity index (χ2v) is 8.05. The zero-order valence-corrected chi connectivity index (χ0v) is 19.5. The van der Waals surface area contributed by atoms with E-state index in [1.165, 1.54) is 23.9 Å². The van der Waals surface area contributed by atoms with E-state index in [1.54, 1.807) is 18.9 Å². The van der Waals surface area contributed by atoms with Crippen molar-refractivity contribution < 1.29 is 28.2 Å². The van der Waals surface area contributed by atoms with Crippen LogP contribution in [-0.4, -0.2) is 49.1 Å². The van der Waals surface area contributed by atoms with E-state index in [-0.39, 0.29) is 57.6 Å². The first-order chi connectivity index (χ1) is 16.8. The Hall–Kier alpha value is -3.70. The van der Waals surface area contributed by atoms with Crippen LogP contribution in [0, 0.1) is 11.6 Å². The molecule has 35 heavy (non-hydrogen) atoms. The first-order valence-electron chi connectivity index (χ1n) is 11.0. The van der Waals surface area contributed by atoms with Crippen molar-refractivity contribution in [1.82, 2.24) is 9.88 Å². The molecule has 1 aliphatic rings. The Morgan fingerprint density at radius 1 is 1.29 bits per heavy atom. The van der Waals surface area contributed by atoms with Crippen LogP contribution in [0.2, 0.25) is 0 Å². The van der Waals surface area contributed by atoms with Crippen molar-refractivity contribution in [2.45, 2.75) is 26.1 Å². The summed E-state index contributed by atoms with van der Waals surface area (Å²) in [6.45, 7) is 1.57. The van der Waals surface area contributed by atoms with Crippen LogP contribution in [0.25, 0.3) is 16.6 Å². The number of nitrogens with two attached hydrogens (primary N) is 1. The average Bonchev–Trinajstić information content (AvgIpc) is 2.81. The number of esters is 1. The number of aliphatic hydroxyl groups is 1. The van der Waals surface area contributed by atoms with E-state index < -0.39 is 29.6 Å². The molecular weight excluding hydrogens is 462 g/mol. The van der Waals surface area contributed by atoms with Gasteiger partial charge in [-0.3, -0.25) is 4.79 Å². The van der Waals surface area contributed by atoms with Crippen LogP contribution in [-0.2, 0) is 11.3 Å². The van der Waals surface area contributed by atoms with Gasteiger partial charge >= 0.3 is 5.97 Å². The second-order valence-electron chi connectivity index (χ2n) is 8.05. The molecule has 0 radical (unpaired) electrons. The number of anilines is 2. The van der Waals surface area contributed by atoms with Crippen molar-refractivity contribution in [2.75, 3.05) is 37.9 Å². The van der Waals surface area contributed by atoms with Gasteiger partial charge in [-0.2, -0.15) is 0 Å². The Balaban J connectivity index is 2.16. The summed E-state index contributed by atoms with van der Waals surface area (Å²) >= 11 is 0. The van der Waals surface area contributed by atoms with Gasteiger partial charge in [-0.15, -0.1) is 0 Å². The molecule has 4 N–H and O–H groups in total. The van der Waals surface area contributed by atoms with E-state index >= 15 is 4.39 Å². The van der Waals surface area contributed by atoms with Gasteiger partial charge in [-0.05, 0) is 38.6 Å². The molecule has 0 saturated carbocycles. The second kappa shape index (κ2) is 9.51. The largest absolute Gasteiger partial charge is 0.492 e. The number of hydrogen-bond acceptors (Lipinski definition) is 8. The van der Waals surface area contributed by atoms with Gasteiger partial charge < -0.3 is 35.1 Å². The number of nitrogens with one attached hydrogen (secondary N) is 1. The number of carbonyl (C=O) groups is 1. The minimum absolute atomic E-state index is 0.0126. The highest BCUT2D eigenvalue weighted by atomic mass is 19.1. The predicted molar refractivity (Wildman–Crippen MR) is 127 cm³/mol. The fraction of sp³-hybridized carbons (Fsp3) is 0.333. The Bertz CT molecular complexity index is 1370. The number of aliphatic hydroxyl groups excluding tert-OH is 1. The molecular formula is C24H26F2N4O5. The van der Waals surface area contributed by atoms with Gasteiger partial charge in [-0.1, -0.05) is 0 Å². The lowest BCUT2D eigenvalue weighted by Gasteiger charge is -2.43. The van der Waals surface area contributed by atoms with E-state index in [1.807, 2.05) is 0 Å². The SMILES string of the molecule is CCOC(=O)c1cn(-c2cc(N)c(F)cc2CO)c2c(OC)c(N3CCC3NC)c(F)cc2c1=O. The summed E-state index contributed by atoms with van der Waals surface area (Å²) in [5.74, 6) is -2.32. The third kappa shape index (κ3) is 3.96. The van der Waals surface area contributed by atoms with Crippen LogP contribution < -0.4 is 26.1 Å². The standard InChI is InChI=1S/C24H26F2N4O5/c1-4-35-24(33)14-10-30(18-9-17(27)15(25)7-12(18)11-31)20-13(22(14)32)8-16(26)21(23(20)34-3)29-6-5-19(29)28-2/h7-10,19,28,31H,4-6,11,27H2,1-3H3. The monoisotopic (exact) mass is 488 g/mol. The highest BCUT2D eigenvalue weighted by molar-refractivity contribution is 5.98. The first-order valence-corrected chi connectivity index (χ1v) is 11.0. The zero-order chi connectivity index (χ0) is 25.4. The van der Waals surface area contributed by atoms with Crippen LogP contribution in [0.1, 0.15) is 29.3 Å². The maximum Gasteiger partial charge on any atom is 0.343 e. The Morgan fingerprint density at radius 3 is 2.60 bits per heavy atom. The minimum Gasteiger partial charge on any atom is -0.492 e. The Morgan fingerprint density at radius 2 is 2.03 bits per heavy atom. The number of pyridine rings is 1. The average molecular weight is 488 g/mol. The van der Waals surface area contributed by atoms with Gasteiger partial charge in [0.15, 0.2) is 11.6 Å². The smallest absolute Gasteiger partial charge is 0.343 e. The van der Waals surface area contributed by atoms with Crippen LogP contribution in [0.15, 0.2) is 29.2 Å². The van der Waals surface area contributed by atoms with E-state index in [0.717, 1.165) is 18.6 Å². The number of nitrogens with zero attached hydrogens (tertiary/aromatic N) is 2. The fourth-order valence-corrected chi connectivity index (χ4v) is 4.35. The summed E-state index contributed by atoms with van der Waals surface area (Å²) in [5, 5.41) is 12.9. The molecule has 1 fully saturated rings. The number of aromatic nitrogens is 1. The maximum absolute atomic E-state index is 15.5. The molecule has 2 heterocycles. The lowest BCUT2D eigenvalue weighted by atomic mass is 10.0. The normalized spacial score (nSPS) is 15.3. The van der Waals surface area contributed by atoms with Crippen molar-refractivity contribution in [3.05, 3.63) is 57.4 Å². The van der Waals surface area contributed by atoms with Crippen LogP contribution >= 0.6 is 0 Å². The number of ether oxygens (including phenoxy) is 2. The molecule has 186 valence electrons. The number of hydrogen-bond donors (Lipinski definition) is 3. The molecule has 1 atom stereocenters. The van der Waals surface area contributed by atoms with Crippen LogP contribution in [0.4, 0.5) is 20.2 Å². The molecule has 4 rings (SSSR count). The first kappa shape index (κ1) is 24.4. The molecule has 0 amide bonds. The third-order valence-electron chi connectivity index (χ3n) is 6.14. The number of nitrogen functional groups attached to an aromatic ring is 1. The van der Waals surface area contributed by atoms with Crippen molar-refractivity contribution >= 4 is 28.2 Å².